The van der Waals surface area contributed by atoms with Gasteiger partial charge in [-0.1, -0.05) is 0 Å². The van der Waals surface area contributed by atoms with Gasteiger partial charge in [0.1, 0.15) is 6.04 Å². The number of hydrogen-bond donors (Lipinski definition) is 1. The fraction of sp³-hybridized carbons (Fsp3) is 0.500. The number of carbonyl (C=O) groups is 4. The summed E-state index contributed by atoms with van der Waals surface area (Å²) in [5, 5.41) is 8.92. The Hall–Kier alpha value is -2.38. The summed E-state index contributed by atoms with van der Waals surface area (Å²) in [5.74, 6) is -3.25. The molecule has 1 heterocycles. The second-order valence-electron chi connectivity index (χ2n) is 4.05. The molecule has 1 unspecified atom stereocenters. The average molecular weight is 285 g/mol. The monoisotopic (exact) mass is 285 g/mol. The highest BCUT2D eigenvalue weighted by Gasteiger charge is 2.34. The fourth-order valence-electron chi connectivity index (χ4n) is 1.79. The number of aliphatic carboxylic acids is 1. The minimum atomic E-state index is -1.08. The van der Waals surface area contributed by atoms with E-state index in [-0.39, 0.29) is 0 Å². The minimum Gasteiger partial charge on any atom is -0.480 e. The molecule has 0 aromatic carbocycles. The van der Waals surface area contributed by atoms with E-state index in [1.165, 1.54) is 4.90 Å². The van der Waals surface area contributed by atoms with Gasteiger partial charge in [0.15, 0.2) is 6.61 Å². The number of amides is 1. The van der Waals surface area contributed by atoms with E-state index in [4.69, 9.17) is 5.11 Å². The van der Waals surface area contributed by atoms with Gasteiger partial charge in [-0.25, -0.2) is 14.4 Å². The summed E-state index contributed by atoms with van der Waals surface area (Å²) in [5.41, 5.74) is 0. The molecular weight excluding hydrogens is 270 g/mol. The molecule has 110 valence electrons. The summed E-state index contributed by atoms with van der Waals surface area (Å²) in [6.07, 6.45) is 2.68. The zero-order valence-electron chi connectivity index (χ0n) is 10.9. The Morgan fingerprint density at radius 2 is 1.90 bits per heavy atom. The van der Waals surface area contributed by atoms with E-state index in [9.17, 15) is 19.2 Å². The van der Waals surface area contributed by atoms with Gasteiger partial charge in [0.05, 0.1) is 7.11 Å². The lowest BCUT2D eigenvalue weighted by molar-refractivity contribution is -0.153. The molecular formula is C12H15NO7. The van der Waals surface area contributed by atoms with Crippen LogP contribution in [0.1, 0.15) is 12.8 Å². The third-order valence-corrected chi connectivity index (χ3v) is 2.75. The standard InChI is InChI=1S/C12H15NO7/c1-19-10(15)4-5-11(16)20-7-9(14)13-6-2-3-8(13)12(17)18/h4-5,8H,2-3,6-7H2,1H3,(H,17,18)/b5-4+. The molecule has 1 aliphatic heterocycles. The SMILES string of the molecule is COC(=O)/C=C/C(=O)OCC(=O)N1CCCC1C(=O)O. The molecule has 1 aliphatic rings. The van der Waals surface area contributed by atoms with Crippen LogP contribution in [0.4, 0.5) is 0 Å². The van der Waals surface area contributed by atoms with Gasteiger partial charge in [0, 0.05) is 18.7 Å². The van der Waals surface area contributed by atoms with Crippen LogP contribution < -0.4 is 0 Å². The van der Waals surface area contributed by atoms with E-state index in [0.29, 0.717) is 19.4 Å². The van der Waals surface area contributed by atoms with Crippen molar-refractivity contribution in [1.29, 1.82) is 0 Å². The number of nitrogens with zero attached hydrogens (tertiary/aromatic N) is 1. The molecule has 20 heavy (non-hydrogen) atoms. The third kappa shape index (κ3) is 4.38. The van der Waals surface area contributed by atoms with Gasteiger partial charge in [-0.15, -0.1) is 0 Å². The second-order valence-corrected chi connectivity index (χ2v) is 4.05. The van der Waals surface area contributed by atoms with Crippen LogP contribution in [0.25, 0.3) is 0 Å². The summed E-state index contributed by atoms with van der Waals surface area (Å²) in [7, 11) is 1.15. The molecule has 1 amide bonds. The molecule has 0 aromatic rings. The van der Waals surface area contributed by atoms with E-state index >= 15 is 0 Å². The van der Waals surface area contributed by atoms with Gasteiger partial charge in [-0.3, -0.25) is 4.79 Å². The molecule has 8 nitrogen and oxygen atoms in total. The molecule has 1 saturated heterocycles. The first-order chi connectivity index (χ1) is 9.45. The van der Waals surface area contributed by atoms with Crippen LogP contribution >= 0.6 is 0 Å². The second kappa shape index (κ2) is 7.27. The number of carbonyl (C=O) groups excluding carboxylic acids is 3. The van der Waals surface area contributed by atoms with E-state index in [1.807, 2.05) is 0 Å². The van der Waals surface area contributed by atoms with Crippen molar-refractivity contribution in [3.05, 3.63) is 12.2 Å². The molecule has 1 atom stereocenters. The quantitative estimate of drug-likeness (QED) is 0.527. The Morgan fingerprint density at radius 3 is 2.50 bits per heavy atom. The van der Waals surface area contributed by atoms with Crippen molar-refractivity contribution in [2.75, 3.05) is 20.3 Å². The van der Waals surface area contributed by atoms with Crippen LogP contribution in [0.5, 0.6) is 0 Å². The van der Waals surface area contributed by atoms with Crippen molar-refractivity contribution < 1.29 is 33.8 Å². The molecule has 1 N–H and O–H groups in total. The van der Waals surface area contributed by atoms with E-state index in [0.717, 1.165) is 19.3 Å². The van der Waals surface area contributed by atoms with Gasteiger partial charge < -0.3 is 19.5 Å². The summed E-state index contributed by atoms with van der Waals surface area (Å²) in [4.78, 5) is 45.7. The Bertz CT molecular complexity index is 443. The van der Waals surface area contributed by atoms with Crippen LogP contribution in [-0.4, -0.2) is 60.1 Å². The average Bonchev–Trinajstić information content (AvgIpc) is 2.91. The predicted molar refractivity (Wildman–Crippen MR) is 64.5 cm³/mol. The van der Waals surface area contributed by atoms with Crippen LogP contribution in [0.3, 0.4) is 0 Å². The molecule has 0 radical (unpaired) electrons. The van der Waals surface area contributed by atoms with Crippen molar-refractivity contribution in [2.24, 2.45) is 0 Å². The first kappa shape index (κ1) is 15.7. The number of likely N-dealkylation sites (tertiary alicyclic amines) is 1. The first-order valence-electron chi connectivity index (χ1n) is 5.90. The van der Waals surface area contributed by atoms with Crippen molar-refractivity contribution in [2.45, 2.75) is 18.9 Å². The Labute approximate surface area is 114 Å². The van der Waals surface area contributed by atoms with Gasteiger partial charge >= 0.3 is 17.9 Å². The molecule has 8 heteroatoms. The van der Waals surface area contributed by atoms with Crippen molar-refractivity contribution in [1.82, 2.24) is 4.90 Å². The Morgan fingerprint density at radius 1 is 1.25 bits per heavy atom. The number of esters is 2. The van der Waals surface area contributed by atoms with Crippen molar-refractivity contribution in [3.8, 4) is 0 Å². The molecule has 1 fully saturated rings. The maximum Gasteiger partial charge on any atom is 0.331 e. The van der Waals surface area contributed by atoms with E-state index in [2.05, 4.69) is 9.47 Å². The fourth-order valence-corrected chi connectivity index (χ4v) is 1.79. The number of hydrogen-bond acceptors (Lipinski definition) is 6. The topological polar surface area (TPSA) is 110 Å². The summed E-state index contributed by atoms with van der Waals surface area (Å²) < 4.78 is 8.90. The highest BCUT2D eigenvalue weighted by molar-refractivity contribution is 5.93. The number of rotatable bonds is 5. The van der Waals surface area contributed by atoms with Crippen molar-refractivity contribution >= 4 is 23.8 Å². The molecule has 1 rings (SSSR count). The summed E-state index contributed by atoms with van der Waals surface area (Å²) in [6.45, 7) is -0.237. The van der Waals surface area contributed by atoms with Crippen LogP contribution in [-0.2, 0) is 28.7 Å². The molecule has 0 aliphatic carbocycles. The van der Waals surface area contributed by atoms with Crippen LogP contribution in [0.15, 0.2) is 12.2 Å². The van der Waals surface area contributed by atoms with E-state index in [1.54, 1.807) is 0 Å². The Kier molecular flexibility index (Phi) is 5.70. The third-order valence-electron chi connectivity index (χ3n) is 2.75. The lowest BCUT2D eigenvalue weighted by atomic mass is 10.2. The number of carboxylic acids is 1. The normalized spacial score (nSPS) is 18.1. The molecule has 0 bridgehead atoms. The molecule has 0 aromatic heterocycles. The predicted octanol–water partition coefficient (Wildman–Crippen LogP) is -0.666. The first-order valence-corrected chi connectivity index (χ1v) is 5.90. The van der Waals surface area contributed by atoms with Gasteiger partial charge in [0.25, 0.3) is 5.91 Å². The zero-order valence-corrected chi connectivity index (χ0v) is 10.9. The largest absolute Gasteiger partial charge is 0.480 e. The number of methoxy groups -OCH3 is 1. The smallest absolute Gasteiger partial charge is 0.331 e. The number of carboxylic acid groups (broad SMARTS) is 1. The van der Waals surface area contributed by atoms with Gasteiger partial charge in [0.2, 0.25) is 0 Å². The van der Waals surface area contributed by atoms with E-state index < -0.39 is 36.5 Å². The van der Waals surface area contributed by atoms with Crippen LogP contribution in [0, 0.1) is 0 Å². The highest BCUT2D eigenvalue weighted by atomic mass is 16.5. The maximum absolute atomic E-state index is 11.7. The highest BCUT2D eigenvalue weighted by Crippen LogP contribution is 2.17. The lowest BCUT2D eigenvalue weighted by Crippen LogP contribution is -2.42. The summed E-state index contributed by atoms with van der Waals surface area (Å²) >= 11 is 0. The minimum absolute atomic E-state index is 0.325. The zero-order chi connectivity index (χ0) is 15.1. The molecule has 0 spiro atoms. The van der Waals surface area contributed by atoms with Crippen LogP contribution in [0.2, 0.25) is 0 Å². The van der Waals surface area contributed by atoms with Gasteiger partial charge in [-0.05, 0) is 12.8 Å². The van der Waals surface area contributed by atoms with Gasteiger partial charge in [-0.2, -0.15) is 0 Å². The summed E-state index contributed by atoms with van der Waals surface area (Å²) in [6, 6.07) is -0.869. The lowest BCUT2D eigenvalue weighted by Gasteiger charge is -2.20. The Balaban J connectivity index is 2.43. The number of ether oxygens (including phenoxy) is 2. The maximum atomic E-state index is 11.7. The molecule has 0 saturated carbocycles. The van der Waals surface area contributed by atoms with Crippen molar-refractivity contribution in [3.63, 3.8) is 0 Å².